The molecule has 4 nitrogen and oxygen atoms in total. The van der Waals surface area contributed by atoms with Gasteiger partial charge in [0.15, 0.2) is 0 Å². The lowest BCUT2D eigenvalue weighted by Crippen LogP contribution is -2.02. The van der Waals surface area contributed by atoms with E-state index < -0.39 is 12.6 Å². The van der Waals surface area contributed by atoms with E-state index in [-0.39, 0.29) is 0 Å². The van der Waals surface area contributed by atoms with Crippen molar-refractivity contribution in [1.29, 1.82) is 0 Å². The molecule has 134 valence electrons. The predicted molar refractivity (Wildman–Crippen MR) is 101 cm³/mol. The molecule has 7 heteroatoms. The molecule has 0 aliphatic heterocycles. The number of hydrogen-bond acceptors (Lipinski definition) is 3. The van der Waals surface area contributed by atoms with Crippen LogP contribution in [-0.4, -0.2) is 22.9 Å². The molecule has 0 radical (unpaired) electrons. The van der Waals surface area contributed by atoms with E-state index in [1.807, 2.05) is 6.07 Å². The first-order chi connectivity index (χ1) is 12.5. The Labute approximate surface area is 159 Å². The van der Waals surface area contributed by atoms with E-state index in [4.69, 9.17) is 23.2 Å². The molecule has 3 aromatic rings. The number of fused-ring (bicyclic) bond motifs is 1. The number of benzene rings is 2. The Bertz CT molecular complexity index is 999. The summed E-state index contributed by atoms with van der Waals surface area (Å²) in [5, 5.41) is 6.41. The van der Waals surface area contributed by atoms with Crippen molar-refractivity contribution in [2.45, 2.75) is 13.2 Å². The maximum absolute atomic E-state index is 13.1. The number of esters is 1. The molecule has 0 saturated carbocycles. The Kier molecular flexibility index (Phi) is 5.59. The number of rotatable bonds is 5. The molecule has 0 amide bonds. The van der Waals surface area contributed by atoms with Gasteiger partial charge in [0, 0.05) is 21.5 Å². The molecule has 1 aromatic heterocycles. The molecular weight excluding hydrogens is 378 g/mol. The monoisotopic (exact) mass is 392 g/mol. The topological polar surface area (TPSA) is 44.1 Å². The van der Waals surface area contributed by atoms with E-state index in [1.165, 1.54) is 13.2 Å². The number of carbonyl (C=O) groups is 1. The first-order valence-corrected chi connectivity index (χ1v) is 8.52. The first-order valence-electron chi connectivity index (χ1n) is 7.77. The largest absolute Gasteiger partial charge is 0.466 e. The van der Waals surface area contributed by atoms with Gasteiger partial charge in [-0.1, -0.05) is 41.4 Å². The molecule has 26 heavy (non-hydrogen) atoms. The van der Waals surface area contributed by atoms with Crippen molar-refractivity contribution in [3.05, 3.63) is 69.3 Å². The van der Waals surface area contributed by atoms with Crippen LogP contribution in [0.1, 0.15) is 16.8 Å². The molecule has 0 fully saturated rings. The number of hydrogen-bond donors (Lipinski definition) is 0. The van der Waals surface area contributed by atoms with Crippen molar-refractivity contribution in [2.75, 3.05) is 7.11 Å². The summed E-state index contributed by atoms with van der Waals surface area (Å²) in [6.45, 7) is -0.190. The van der Waals surface area contributed by atoms with Gasteiger partial charge in [0.05, 0.1) is 24.9 Å². The molecule has 3 rings (SSSR count). The first kappa shape index (κ1) is 18.4. The molecule has 1 heterocycles. The molecule has 0 spiro atoms. The quantitative estimate of drug-likeness (QED) is 0.450. The second kappa shape index (κ2) is 7.89. The van der Waals surface area contributed by atoms with Crippen LogP contribution in [-0.2, 0) is 22.8 Å². The number of halogens is 3. The number of alkyl halides is 1. The van der Waals surface area contributed by atoms with Gasteiger partial charge >= 0.3 is 5.97 Å². The van der Waals surface area contributed by atoms with Crippen LogP contribution in [0.15, 0.2) is 42.5 Å². The average Bonchev–Trinajstić information content (AvgIpc) is 2.98. The van der Waals surface area contributed by atoms with Crippen molar-refractivity contribution in [3.63, 3.8) is 0 Å². The maximum Gasteiger partial charge on any atom is 0.330 e. The zero-order valence-electron chi connectivity index (χ0n) is 13.9. The predicted octanol–water partition coefficient (Wildman–Crippen LogP) is 5.05. The van der Waals surface area contributed by atoms with E-state index in [1.54, 1.807) is 41.1 Å². The SMILES string of the molecule is COC(=O)/C=C/c1nn(Cc2ccc(Cl)cc2Cl)c2cc(CF)ccc12. The fourth-order valence-electron chi connectivity index (χ4n) is 2.60. The van der Waals surface area contributed by atoms with Crippen LogP contribution in [0.2, 0.25) is 10.0 Å². The highest BCUT2D eigenvalue weighted by Crippen LogP contribution is 2.26. The third-order valence-corrected chi connectivity index (χ3v) is 4.50. The van der Waals surface area contributed by atoms with Crippen LogP contribution in [0.4, 0.5) is 4.39 Å². The lowest BCUT2D eigenvalue weighted by atomic mass is 10.1. The Balaban J connectivity index is 2.08. The zero-order valence-corrected chi connectivity index (χ0v) is 15.4. The third-order valence-electron chi connectivity index (χ3n) is 3.91. The number of nitrogens with zero attached hydrogens (tertiary/aromatic N) is 2. The van der Waals surface area contributed by atoms with Crippen molar-refractivity contribution in [2.24, 2.45) is 0 Å². The summed E-state index contributed by atoms with van der Waals surface area (Å²) in [5.41, 5.74) is 2.70. The molecule has 0 bridgehead atoms. The Morgan fingerprint density at radius 2 is 2.08 bits per heavy atom. The lowest BCUT2D eigenvalue weighted by Gasteiger charge is -2.07. The van der Waals surface area contributed by atoms with Gasteiger partial charge in [-0.2, -0.15) is 5.10 Å². The summed E-state index contributed by atoms with van der Waals surface area (Å²) < 4.78 is 19.4. The van der Waals surface area contributed by atoms with Gasteiger partial charge in [-0.15, -0.1) is 0 Å². The summed E-state index contributed by atoms with van der Waals surface area (Å²) in [7, 11) is 1.30. The minimum atomic E-state index is -0.573. The molecule has 0 unspecified atom stereocenters. The summed E-state index contributed by atoms with van der Waals surface area (Å²) in [6, 6.07) is 10.4. The fourth-order valence-corrected chi connectivity index (χ4v) is 3.07. The highest BCUT2D eigenvalue weighted by molar-refractivity contribution is 6.35. The van der Waals surface area contributed by atoms with Crippen LogP contribution < -0.4 is 0 Å². The smallest absolute Gasteiger partial charge is 0.330 e. The number of methoxy groups -OCH3 is 1. The van der Waals surface area contributed by atoms with Gasteiger partial charge in [-0.25, -0.2) is 9.18 Å². The normalized spacial score (nSPS) is 11.4. The van der Waals surface area contributed by atoms with Crippen molar-refractivity contribution >= 4 is 46.2 Å². The Morgan fingerprint density at radius 1 is 1.27 bits per heavy atom. The van der Waals surface area contributed by atoms with Crippen LogP contribution in [0.3, 0.4) is 0 Å². The highest BCUT2D eigenvalue weighted by atomic mass is 35.5. The molecule has 2 aromatic carbocycles. The standard InChI is InChI=1S/C19H15Cl2FN2O2/c1-26-19(25)7-6-17-15-5-2-12(10-22)8-18(15)24(23-17)11-13-3-4-14(20)9-16(13)21/h2-9H,10-11H2,1H3/b7-6+. The van der Waals surface area contributed by atoms with Crippen LogP contribution in [0.5, 0.6) is 0 Å². The second-order valence-corrected chi connectivity index (χ2v) is 6.46. The fraction of sp³-hybridized carbons (Fsp3) is 0.158. The van der Waals surface area contributed by atoms with Crippen LogP contribution >= 0.6 is 23.2 Å². The zero-order chi connectivity index (χ0) is 18.7. The van der Waals surface area contributed by atoms with Gasteiger partial charge in [-0.3, -0.25) is 4.68 Å². The summed E-state index contributed by atoms with van der Waals surface area (Å²) in [5.74, 6) is -0.478. The van der Waals surface area contributed by atoms with Crippen molar-refractivity contribution in [3.8, 4) is 0 Å². The van der Waals surface area contributed by atoms with Crippen molar-refractivity contribution in [1.82, 2.24) is 9.78 Å². The van der Waals surface area contributed by atoms with Gasteiger partial charge in [0.1, 0.15) is 6.67 Å². The van der Waals surface area contributed by atoms with E-state index in [0.29, 0.717) is 27.8 Å². The molecule has 0 atom stereocenters. The number of carbonyl (C=O) groups excluding carboxylic acids is 1. The molecule has 0 aliphatic rings. The van der Waals surface area contributed by atoms with Gasteiger partial charge < -0.3 is 4.74 Å². The minimum absolute atomic E-state index is 0.383. The van der Waals surface area contributed by atoms with Gasteiger partial charge in [0.25, 0.3) is 0 Å². The summed E-state index contributed by atoms with van der Waals surface area (Å²) in [6.07, 6.45) is 2.87. The average molecular weight is 393 g/mol. The van der Waals surface area contributed by atoms with E-state index in [2.05, 4.69) is 9.84 Å². The summed E-state index contributed by atoms with van der Waals surface area (Å²) in [4.78, 5) is 11.4. The van der Waals surface area contributed by atoms with Gasteiger partial charge in [-0.05, 0) is 35.4 Å². The van der Waals surface area contributed by atoms with E-state index in [0.717, 1.165) is 16.5 Å². The molecule has 0 aliphatic carbocycles. The molecule has 0 N–H and O–H groups in total. The van der Waals surface area contributed by atoms with Crippen LogP contribution in [0, 0.1) is 0 Å². The number of ether oxygens (including phenoxy) is 1. The maximum atomic E-state index is 13.1. The summed E-state index contributed by atoms with van der Waals surface area (Å²) >= 11 is 12.2. The van der Waals surface area contributed by atoms with Crippen molar-refractivity contribution < 1.29 is 13.9 Å². The van der Waals surface area contributed by atoms with E-state index in [9.17, 15) is 9.18 Å². The van der Waals surface area contributed by atoms with Gasteiger partial charge in [0.2, 0.25) is 0 Å². The van der Waals surface area contributed by atoms with Crippen LogP contribution in [0.25, 0.3) is 17.0 Å². The second-order valence-electron chi connectivity index (χ2n) is 5.62. The molecule has 0 saturated heterocycles. The van der Waals surface area contributed by atoms with E-state index >= 15 is 0 Å². The number of aromatic nitrogens is 2. The Morgan fingerprint density at radius 3 is 2.77 bits per heavy atom. The minimum Gasteiger partial charge on any atom is -0.466 e. The molecular formula is C19H15Cl2FN2O2. The Hall–Kier alpha value is -2.37. The highest BCUT2D eigenvalue weighted by Gasteiger charge is 2.12. The third kappa shape index (κ3) is 3.89. The lowest BCUT2D eigenvalue weighted by molar-refractivity contribution is -0.134.